The van der Waals surface area contributed by atoms with Crippen molar-refractivity contribution in [2.45, 2.75) is 44.6 Å². The molecule has 1 aromatic rings. The highest BCUT2D eigenvalue weighted by atomic mass is 32.2. The van der Waals surface area contributed by atoms with Gasteiger partial charge in [0, 0.05) is 44.3 Å². The van der Waals surface area contributed by atoms with E-state index in [0.717, 1.165) is 38.0 Å². The predicted octanol–water partition coefficient (Wildman–Crippen LogP) is 1.54. The number of unbranched alkanes of at least 4 members (excludes halogenated alkanes) is 2. The number of hydroxylamine groups is 1. The minimum Gasteiger partial charge on any atom is -0.379 e. The van der Waals surface area contributed by atoms with Crippen molar-refractivity contribution in [3.63, 3.8) is 0 Å². The van der Waals surface area contributed by atoms with Gasteiger partial charge in [0.05, 0.1) is 31.6 Å². The van der Waals surface area contributed by atoms with Crippen molar-refractivity contribution in [1.29, 1.82) is 5.26 Å². The zero-order valence-electron chi connectivity index (χ0n) is 19.6. The molecule has 0 bridgehead atoms. The predicted molar refractivity (Wildman–Crippen MR) is 129 cm³/mol. The number of pyridine rings is 1. The van der Waals surface area contributed by atoms with Crippen LogP contribution in [0.4, 0.5) is 5.69 Å². The van der Waals surface area contributed by atoms with Gasteiger partial charge in [-0.1, -0.05) is 17.3 Å². The Morgan fingerprint density at radius 1 is 1.26 bits per heavy atom. The number of nitriles is 1. The molecule has 1 aliphatic carbocycles. The van der Waals surface area contributed by atoms with Crippen molar-refractivity contribution >= 4 is 21.7 Å². The van der Waals surface area contributed by atoms with E-state index in [1.165, 1.54) is 4.47 Å². The number of sulfonamides is 1. The zero-order valence-corrected chi connectivity index (χ0v) is 20.4. The Hall–Kier alpha value is -2.30. The third-order valence-corrected chi connectivity index (χ3v) is 7.58. The molecule has 0 unspecified atom stereocenters. The van der Waals surface area contributed by atoms with Crippen molar-refractivity contribution in [2.24, 2.45) is 4.99 Å². The van der Waals surface area contributed by atoms with E-state index in [9.17, 15) is 8.42 Å². The molecule has 1 saturated heterocycles. The lowest BCUT2D eigenvalue weighted by Gasteiger charge is -2.36. The number of aliphatic imine (C=N–C) groups is 1. The van der Waals surface area contributed by atoms with Crippen molar-refractivity contribution in [3.8, 4) is 6.19 Å². The number of ether oxygens (including phenoxy) is 1. The summed E-state index contributed by atoms with van der Waals surface area (Å²) in [5.74, 6) is 0.412. The molecule has 12 heteroatoms. The Kier molecular flexibility index (Phi) is 11.0. The summed E-state index contributed by atoms with van der Waals surface area (Å²) < 4.78 is 32.5. The van der Waals surface area contributed by atoms with Crippen LogP contribution in [-0.2, 0) is 19.6 Å². The SMILES string of the molecule is N#CNC(=NCCCCCS(=O)(=O)N(OCCN1CCOCC1)C1CCC1)Nc1ccncc1. The maximum Gasteiger partial charge on any atom is 0.236 e. The molecule has 2 N–H and O–H groups in total. The molecule has 1 saturated carbocycles. The van der Waals surface area contributed by atoms with Gasteiger partial charge in [0.2, 0.25) is 16.0 Å². The summed E-state index contributed by atoms with van der Waals surface area (Å²) in [6.45, 7) is 4.67. The second kappa shape index (κ2) is 14.2. The van der Waals surface area contributed by atoms with Gasteiger partial charge in [-0.25, -0.2) is 8.42 Å². The summed E-state index contributed by atoms with van der Waals surface area (Å²) in [4.78, 5) is 16.3. The van der Waals surface area contributed by atoms with Gasteiger partial charge in [-0.3, -0.25) is 25.0 Å². The van der Waals surface area contributed by atoms with E-state index in [1.807, 2.05) is 6.19 Å². The monoisotopic (exact) mass is 493 g/mol. The molecular formula is C22H35N7O4S. The molecule has 0 aromatic carbocycles. The number of nitrogens with one attached hydrogen (secondary N) is 2. The van der Waals surface area contributed by atoms with Crippen LogP contribution >= 0.6 is 0 Å². The second-order valence-corrected chi connectivity index (χ2v) is 10.3. The molecule has 188 valence electrons. The van der Waals surface area contributed by atoms with E-state index in [-0.39, 0.29) is 11.8 Å². The smallest absolute Gasteiger partial charge is 0.236 e. The molecule has 1 aromatic heterocycles. The van der Waals surface area contributed by atoms with Crippen LogP contribution in [0.1, 0.15) is 38.5 Å². The van der Waals surface area contributed by atoms with Gasteiger partial charge in [0.25, 0.3) is 0 Å². The maximum atomic E-state index is 13.0. The Labute approximate surface area is 202 Å². The van der Waals surface area contributed by atoms with Crippen LogP contribution in [-0.4, -0.2) is 86.5 Å². The van der Waals surface area contributed by atoms with E-state index in [0.29, 0.717) is 58.1 Å². The summed E-state index contributed by atoms with van der Waals surface area (Å²) in [6, 6.07) is 3.50. The molecule has 2 heterocycles. The van der Waals surface area contributed by atoms with Gasteiger partial charge >= 0.3 is 0 Å². The minimum atomic E-state index is -3.48. The summed E-state index contributed by atoms with van der Waals surface area (Å²) in [5, 5.41) is 14.5. The molecule has 2 aliphatic rings. The van der Waals surface area contributed by atoms with Crippen molar-refractivity contribution in [1.82, 2.24) is 19.7 Å². The van der Waals surface area contributed by atoms with Gasteiger partial charge in [-0.15, -0.1) is 0 Å². The highest BCUT2D eigenvalue weighted by Crippen LogP contribution is 2.28. The van der Waals surface area contributed by atoms with Crippen LogP contribution < -0.4 is 10.6 Å². The summed E-state index contributed by atoms with van der Waals surface area (Å²) in [5.41, 5.74) is 0.771. The van der Waals surface area contributed by atoms with Crippen LogP contribution in [0.2, 0.25) is 0 Å². The molecule has 34 heavy (non-hydrogen) atoms. The minimum absolute atomic E-state index is 0.0434. The molecule has 3 rings (SSSR count). The number of rotatable bonds is 13. The molecule has 0 amide bonds. The quantitative estimate of drug-likeness (QED) is 0.105. The average molecular weight is 494 g/mol. The third kappa shape index (κ3) is 8.81. The fourth-order valence-corrected chi connectivity index (χ4v) is 5.33. The van der Waals surface area contributed by atoms with Crippen molar-refractivity contribution in [3.05, 3.63) is 24.5 Å². The second-order valence-electron chi connectivity index (χ2n) is 8.33. The molecule has 1 aliphatic heterocycles. The number of aromatic nitrogens is 1. The van der Waals surface area contributed by atoms with Crippen LogP contribution in [0.3, 0.4) is 0 Å². The number of hydrogen-bond donors (Lipinski definition) is 2. The van der Waals surface area contributed by atoms with E-state index >= 15 is 0 Å². The van der Waals surface area contributed by atoms with Gasteiger partial charge in [0.1, 0.15) is 0 Å². The van der Waals surface area contributed by atoms with Gasteiger partial charge < -0.3 is 10.1 Å². The van der Waals surface area contributed by atoms with Crippen LogP contribution in [0.25, 0.3) is 0 Å². The van der Waals surface area contributed by atoms with Crippen LogP contribution in [0.15, 0.2) is 29.5 Å². The first kappa shape index (κ1) is 26.3. The first-order valence-electron chi connectivity index (χ1n) is 11.9. The lowest BCUT2D eigenvalue weighted by molar-refractivity contribution is -0.135. The van der Waals surface area contributed by atoms with Crippen molar-refractivity contribution in [2.75, 3.05) is 57.1 Å². The number of morpholine rings is 1. The molecule has 2 fully saturated rings. The first-order chi connectivity index (χ1) is 16.6. The maximum absolute atomic E-state index is 13.0. The Balaban J connectivity index is 1.39. The highest BCUT2D eigenvalue weighted by Gasteiger charge is 2.34. The normalized spacial score (nSPS) is 17.8. The number of guanidine groups is 1. The fraction of sp³-hybridized carbons (Fsp3) is 0.682. The van der Waals surface area contributed by atoms with E-state index in [1.54, 1.807) is 24.5 Å². The first-order valence-corrected chi connectivity index (χ1v) is 13.5. The molecule has 11 nitrogen and oxygen atoms in total. The summed E-state index contributed by atoms with van der Waals surface area (Å²) in [6.07, 6.45) is 9.85. The van der Waals surface area contributed by atoms with Gasteiger partial charge in [-0.05, 0) is 37.8 Å². The van der Waals surface area contributed by atoms with Crippen LogP contribution in [0.5, 0.6) is 0 Å². The lowest BCUT2D eigenvalue weighted by Crippen LogP contribution is -2.46. The standard InChI is InChI=1S/C22H35N7O4S/c23-19-26-22(27-20-7-10-24-11-8-20)25-9-2-1-3-18-34(30,31)29(21-5-4-6-21)33-17-14-28-12-15-32-16-13-28/h7-8,10-11,21H,1-6,9,12-18H2,(H2,24,25,26,27). The Bertz CT molecular complexity index is 898. The van der Waals surface area contributed by atoms with E-state index < -0.39 is 10.0 Å². The van der Waals surface area contributed by atoms with E-state index in [4.69, 9.17) is 14.8 Å². The highest BCUT2D eigenvalue weighted by molar-refractivity contribution is 7.88. The fourth-order valence-electron chi connectivity index (χ4n) is 3.68. The van der Waals surface area contributed by atoms with Gasteiger partial charge in [0.15, 0.2) is 6.19 Å². The zero-order chi connectivity index (χ0) is 24.1. The lowest BCUT2D eigenvalue weighted by atomic mass is 9.94. The Morgan fingerprint density at radius 3 is 2.71 bits per heavy atom. The molecule has 0 spiro atoms. The Morgan fingerprint density at radius 2 is 2.03 bits per heavy atom. The average Bonchev–Trinajstić information content (AvgIpc) is 2.81. The number of nitrogens with zero attached hydrogens (tertiary/aromatic N) is 5. The topological polar surface area (TPSA) is 132 Å². The van der Waals surface area contributed by atoms with E-state index in [2.05, 4.69) is 25.5 Å². The third-order valence-electron chi connectivity index (χ3n) is 5.82. The number of anilines is 1. The van der Waals surface area contributed by atoms with Gasteiger partial charge in [-0.2, -0.15) is 5.26 Å². The number of hydrogen-bond acceptors (Lipinski definition) is 8. The van der Waals surface area contributed by atoms with Crippen LogP contribution in [0, 0.1) is 11.5 Å². The van der Waals surface area contributed by atoms with Crippen molar-refractivity contribution < 1.29 is 18.0 Å². The summed E-state index contributed by atoms with van der Waals surface area (Å²) >= 11 is 0. The molecular weight excluding hydrogens is 458 g/mol. The largest absolute Gasteiger partial charge is 0.379 e. The molecule has 0 atom stereocenters. The summed E-state index contributed by atoms with van der Waals surface area (Å²) in [7, 11) is -3.48. The molecule has 0 radical (unpaired) electrons.